The van der Waals surface area contributed by atoms with Gasteiger partial charge in [-0.2, -0.15) is 4.98 Å². The van der Waals surface area contributed by atoms with Crippen molar-refractivity contribution in [3.63, 3.8) is 0 Å². The molecule has 0 radical (unpaired) electrons. The van der Waals surface area contributed by atoms with Crippen molar-refractivity contribution in [2.75, 3.05) is 0 Å². The number of halogens is 1. The Labute approximate surface area is 134 Å². The minimum atomic E-state index is -0.363. The predicted molar refractivity (Wildman–Crippen MR) is 84.6 cm³/mol. The second-order valence-electron chi connectivity index (χ2n) is 5.74. The van der Waals surface area contributed by atoms with Crippen molar-refractivity contribution in [1.29, 1.82) is 0 Å². The largest absolute Gasteiger partial charge is 0.338 e. The van der Waals surface area contributed by atoms with Crippen LogP contribution in [-0.4, -0.2) is 10.1 Å². The number of thioether (sulfide) groups is 1. The van der Waals surface area contributed by atoms with E-state index in [1.165, 1.54) is 10.5 Å². The van der Waals surface area contributed by atoms with E-state index in [1.54, 1.807) is 11.8 Å². The van der Waals surface area contributed by atoms with Crippen LogP contribution >= 0.6 is 24.2 Å². The lowest BCUT2D eigenvalue weighted by molar-refractivity contribution is 0.348. The molecule has 0 amide bonds. The molecular weight excluding hydrogens is 306 g/mol. The summed E-state index contributed by atoms with van der Waals surface area (Å²) < 4.78 is 5.50. The Morgan fingerprint density at radius 3 is 2.76 bits per heavy atom. The molecular formula is C15H18ClN3OS. The molecule has 1 aromatic carbocycles. The van der Waals surface area contributed by atoms with E-state index >= 15 is 0 Å². The minimum absolute atomic E-state index is 0. The van der Waals surface area contributed by atoms with E-state index in [9.17, 15) is 0 Å². The van der Waals surface area contributed by atoms with Crippen molar-refractivity contribution in [3.8, 4) is 0 Å². The van der Waals surface area contributed by atoms with E-state index in [0.717, 1.165) is 38.0 Å². The zero-order valence-electron chi connectivity index (χ0n) is 11.6. The molecule has 1 aliphatic heterocycles. The second-order valence-corrected chi connectivity index (χ2v) is 6.98. The van der Waals surface area contributed by atoms with Crippen molar-refractivity contribution in [2.24, 2.45) is 5.73 Å². The Morgan fingerprint density at radius 1 is 1.24 bits per heavy atom. The summed E-state index contributed by atoms with van der Waals surface area (Å²) >= 11 is 1.81. The molecule has 6 heteroatoms. The average molecular weight is 324 g/mol. The van der Waals surface area contributed by atoms with Crippen LogP contribution in [0.15, 0.2) is 33.7 Å². The van der Waals surface area contributed by atoms with Crippen LogP contribution in [0.1, 0.15) is 48.2 Å². The summed E-state index contributed by atoms with van der Waals surface area (Å²) in [7, 11) is 0. The minimum Gasteiger partial charge on any atom is -0.338 e. The van der Waals surface area contributed by atoms with Crippen molar-refractivity contribution in [2.45, 2.75) is 47.8 Å². The van der Waals surface area contributed by atoms with Crippen LogP contribution in [0, 0.1) is 0 Å². The molecule has 1 aliphatic carbocycles. The van der Waals surface area contributed by atoms with Gasteiger partial charge in [0.1, 0.15) is 0 Å². The summed E-state index contributed by atoms with van der Waals surface area (Å²) in [6.07, 6.45) is 5.20. The van der Waals surface area contributed by atoms with Crippen LogP contribution in [0.5, 0.6) is 0 Å². The molecule has 1 fully saturated rings. The highest BCUT2D eigenvalue weighted by Gasteiger charge is 2.37. The first kappa shape index (κ1) is 14.9. The first-order valence-electron chi connectivity index (χ1n) is 7.12. The molecule has 1 saturated carbocycles. The highest BCUT2D eigenvalue weighted by Crippen LogP contribution is 2.46. The van der Waals surface area contributed by atoms with Crippen LogP contribution in [0.2, 0.25) is 0 Å². The van der Waals surface area contributed by atoms with Crippen LogP contribution < -0.4 is 5.73 Å². The zero-order valence-corrected chi connectivity index (χ0v) is 13.3. The number of benzene rings is 1. The quantitative estimate of drug-likeness (QED) is 0.914. The van der Waals surface area contributed by atoms with Gasteiger partial charge in [0, 0.05) is 4.90 Å². The Bertz CT molecular complexity index is 614. The lowest BCUT2D eigenvalue weighted by atomic mass is 9.99. The van der Waals surface area contributed by atoms with Gasteiger partial charge in [0.05, 0.1) is 10.8 Å². The van der Waals surface area contributed by atoms with E-state index in [-0.39, 0.29) is 23.2 Å². The SMILES string of the molecule is Cl.NC1(c2noc(C3Cc4ccccc4S3)n2)CCCC1. The third kappa shape index (κ3) is 2.58. The van der Waals surface area contributed by atoms with E-state index in [2.05, 4.69) is 34.4 Å². The second kappa shape index (κ2) is 5.63. The van der Waals surface area contributed by atoms with Gasteiger partial charge in [-0.15, -0.1) is 24.2 Å². The lowest BCUT2D eigenvalue weighted by Gasteiger charge is -2.17. The molecule has 0 spiro atoms. The molecule has 112 valence electrons. The average Bonchev–Trinajstić information content (AvgIpc) is 3.17. The predicted octanol–water partition coefficient (Wildman–Crippen LogP) is 3.61. The lowest BCUT2D eigenvalue weighted by Crippen LogP contribution is -2.34. The van der Waals surface area contributed by atoms with E-state index in [0.29, 0.717) is 5.82 Å². The van der Waals surface area contributed by atoms with Gasteiger partial charge in [0.2, 0.25) is 5.89 Å². The molecule has 2 aliphatic rings. The smallest absolute Gasteiger partial charge is 0.240 e. The van der Waals surface area contributed by atoms with Crippen molar-refractivity contribution < 1.29 is 4.52 Å². The number of hydrogen-bond donors (Lipinski definition) is 1. The molecule has 21 heavy (non-hydrogen) atoms. The summed E-state index contributed by atoms with van der Waals surface area (Å²) in [6.45, 7) is 0. The van der Waals surface area contributed by atoms with Crippen molar-refractivity contribution in [3.05, 3.63) is 41.5 Å². The maximum atomic E-state index is 6.38. The fourth-order valence-electron chi connectivity index (χ4n) is 3.12. The Balaban J connectivity index is 0.00000132. The molecule has 4 rings (SSSR count). The van der Waals surface area contributed by atoms with E-state index in [1.807, 2.05) is 0 Å². The number of nitrogens with zero attached hydrogens (tertiary/aromatic N) is 2. The van der Waals surface area contributed by atoms with Crippen molar-refractivity contribution in [1.82, 2.24) is 10.1 Å². The maximum Gasteiger partial charge on any atom is 0.240 e. The fourth-order valence-corrected chi connectivity index (χ4v) is 4.34. The van der Waals surface area contributed by atoms with Gasteiger partial charge in [0.15, 0.2) is 5.82 Å². The standard InChI is InChI=1S/C15H17N3OS.ClH/c16-15(7-3-4-8-15)14-17-13(19-18-14)12-9-10-5-1-2-6-11(10)20-12;/h1-2,5-6,12H,3-4,7-9,16H2;1H. The van der Waals surface area contributed by atoms with Gasteiger partial charge < -0.3 is 10.3 Å². The normalized spacial score (nSPS) is 22.8. The maximum absolute atomic E-state index is 6.38. The van der Waals surface area contributed by atoms with Gasteiger partial charge in [-0.05, 0) is 30.9 Å². The Hall–Kier alpha value is -1.04. The first-order valence-corrected chi connectivity index (χ1v) is 8.00. The number of aromatic nitrogens is 2. The third-order valence-corrected chi connectivity index (χ3v) is 5.61. The van der Waals surface area contributed by atoms with E-state index in [4.69, 9.17) is 10.3 Å². The van der Waals surface area contributed by atoms with Gasteiger partial charge in [-0.25, -0.2) is 0 Å². The van der Waals surface area contributed by atoms with Crippen LogP contribution in [0.25, 0.3) is 0 Å². The highest BCUT2D eigenvalue weighted by molar-refractivity contribution is 7.99. The molecule has 1 aromatic heterocycles. The van der Waals surface area contributed by atoms with Crippen LogP contribution in [-0.2, 0) is 12.0 Å². The Morgan fingerprint density at radius 2 is 2.00 bits per heavy atom. The van der Waals surface area contributed by atoms with Gasteiger partial charge in [-0.1, -0.05) is 36.2 Å². The third-order valence-electron chi connectivity index (χ3n) is 4.31. The summed E-state index contributed by atoms with van der Waals surface area (Å²) in [5, 5.41) is 4.39. The molecule has 4 nitrogen and oxygen atoms in total. The van der Waals surface area contributed by atoms with Crippen LogP contribution in [0.3, 0.4) is 0 Å². The monoisotopic (exact) mass is 323 g/mol. The van der Waals surface area contributed by atoms with Gasteiger partial charge >= 0.3 is 0 Å². The molecule has 0 bridgehead atoms. The number of nitrogens with two attached hydrogens (primary N) is 1. The number of fused-ring (bicyclic) bond motifs is 1. The highest BCUT2D eigenvalue weighted by atomic mass is 35.5. The molecule has 1 unspecified atom stereocenters. The van der Waals surface area contributed by atoms with Crippen LogP contribution in [0.4, 0.5) is 0 Å². The van der Waals surface area contributed by atoms with Crippen molar-refractivity contribution >= 4 is 24.2 Å². The molecule has 0 saturated heterocycles. The topological polar surface area (TPSA) is 64.9 Å². The number of rotatable bonds is 2. The van der Waals surface area contributed by atoms with E-state index < -0.39 is 0 Å². The Kier molecular flexibility index (Phi) is 3.99. The molecule has 1 atom stereocenters. The molecule has 2 N–H and O–H groups in total. The summed E-state index contributed by atoms with van der Waals surface area (Å²) in [5.41, 5.74) is 7.39. The first-order chi connectivity index (χ1) is 9.74. The summed E-state index contributed by atoms with van der Waals surface area (Å²) in [6, 6.07) is 8.47. The summed E-state index contributed by atoms with van der Waals surface area (Å²) in [5.74, 6) is 1.42. The summed E-state index contributed by atoms with van der Waals surface area (Å²) in [4.78, 5) is 5.93. The fraction of sp³-hybridized carbons (Fsp3) is 0.467. The molecule has 2 aromatic rings. The number of hydrogen-bond acceptors (Lipinski definition) is 5. The molecule has 2 heterocycles. The van der Waals surface area contributed by atoms with Gasteiger partial charge in [0.25, 0.3) is 0 Å². The van der Waals surface area contributed by atoms with Gasteiger partial charge in [-0.3, -0.25) is 0 Å². The zero-order chi connectivity index (χ0) is 13.6.